The molecular weight excluding hydrogens is 184 g/mol. The quantitative estimate of drug-likeness (QED) is 0.634. The number of carboxylic acid groups (broad SMARTS) is 1. The van der Waals surface area contributed by atoms with Gasteiger partial charge in [-0.05, 0) is 5.56 Å². The van der Waals surface area contributed by atoms with Gasteiger partial charge in [-0.25, -0.2) is 4.79 Å². The highest BCUT2D eigenvalue weighted by Gasteiger charge is 1.96. The topological polar surface area (TPSA) is 106 Å². The average molecular weight is 196 g/mol. The van der Waals surface area contributed by atoms with Gasteiger partial charge in [0, 0.05) is 0 Å². The molecule has 0 heterocycles. The molecule has 76 valence electrons. The number of amides is 2. The number of aliphatic carboxylic acids is 1. The number of hydrogen-bond acceptors (Lipinski definition) is 2. The van der Waals surface area contributed by atoms with Crippen LogP contribution in [0.1, 0.15) is 5.56 Å². The minimum absolute atomic E-state index is 0.112. The van der Waals surface area contributed by atoms with E-state index >= 15 is 0 Å². The molecule has 0 aliphatic carbocycles. The third-order valence-corrected chi connectivity index (χ3v) is 1.20. The molecule has 1 aromatic rings. The minimum Gasteiger partial charge on any atom is -0.481 e. The van der Waals surface area contributed by atoms with Gasteiger partial charge in [0.05, 0.1) is 6.42 Å². The Morgan fingerprint density at radius 3 is 1.93 bits per heavy atom. The van der Waals surface area contributed by atoms with E-state index in [1.807, 2.05) is 18.2 Å². The van der Waals surface area contributed by atoms with Gasteiger partial charge in [-0.15, -0.1) is 0 Å². The van der Waals surface area contributed by atoms with Gasteiger partial charge in [0.25, 0.3) is 0 Å². The van der Waals surface area contributed by atoms with Gasteiger partial charge in [-0.2, -0.15) is 0 Å². The van der Waals surface area contributed by atoms with Crippen molar-refractivity contribution in [3.05, 3.63) is 35.9 Å². The zero-order valence-corrected chi connectivity index (χ0v) is 7.51. The molecule has 0 radical (unpaired) electrons. The van der Waals surface area contributed by atoms with Crippen molar-refractivity contribution in [1.29, 1.82) is 0 Å². The molecule has 0 unspecified atom stereocenters. The molecule has 0 fully saturated rings. The first-order chi connectivity index (χ1) is 6.52. The predicted octanol–water partition coefficient (Wildman–Crippen LogP) is 0.337. The fraction of sp³-hybridized carbons (Fsp3) is 0.111. The molecule has 5 nitrogen and oxygen atoms in total. The number of carbonyl (C=O) groups excluding carboxylic acids is 1. The molecule has 1 aromatic carbocycles. The van der Waals surface area contributed by atoms with Crippen molar-refractivity contribution < 1.29 is 14.7 Å². The summed E-state index contributed by atoms with van der Waals surface area (Å²) in [4.78, 5) is 19.2. The highest BCUT2D eigenvalue weighted by molar-refractivity contribution is 5.70. The summed E-state index contributed by atoms with van der Waals surface area (Å²) < 4.78 is 0. The Balaban J connectivity index is 0.000000364. The fourth-order valence-corrected chi connectivity index (χ4v) is 0.770. The predicted molar refractivity (Wildman–Crippen MR) is 51.6 cm³/mol. The Morgan fingerprint density at radius 2 is 1.57 bits per heavy atom. The first-order valence-electron chi connectivity index (χ1n) is 3.83. The molecule has 0 aliphatic heterocycles. The van der Waals surface area contributed by atoms with E-state index in [1.54, 1.807) is 12.1 Å². The smallest absolute Gasteiger partial charge is 0.309 e. The lowest BCUT2D eigenvalue weighted by molar-refractivity contribution is -0.136. The Kier molecular flexibility index (Phi) is 5.53. The number of primary amides is 2. The van der Waals surface area contributed by atoms with E-state index in [1.165, 1.54) is 0 Å². The highest BCUT2D eigenvalue weighted by atomic mass is 16.4. The second kappa shape index (κ2) is 6.47. The lowest BCUT2D eigenvalue weighted by Gasteiger charge is -1.92. The van der Waals surface area contributed by atoms with Crippen LogP contribution < -0.4 is 11.5 Å². The molecule has 5 heteroatoms. The summed E-state index contributed by atoms with van der Waals surface area (Å²) in [5.74, 6) is -0.786. The molecule has 0 atom stereocenters. The first-order valence-corrected chi connectivity index (χ1v) is 3.83. The molecule has 5 N–H and O–H groups in total. The van der Waals surface area contributed by atoms with Gasteiger partial charge >= 0.3 is 12.0 Å². The van der Waals surface area contributed by atoms with Crippen molar-refractivity contribution >= 4 is 12.0 Å². The van der Waals surface area contributed by atoms with Gasteiger partial charge in [0.2, 0.25) is 0 Å². The standard InChI is InChI=1S/C8H8O2.CH4N2O/c9-8(10)6-7-4-2-1-3-5-7;2-1(3)4/h1-5H,6H2,(H,9,10);(H4,2,3,4). The van der Waals surface area contributed by atoms with Gasteiger partial charge in [-0.1, -0.05) is 30.3 Å². The SMILES string of the molecule is NC(N)=O.O=C(O)Cc1ccccc1. The Morgan fingerprint density at radius 1 is 1.14 bits per heavy atom. The Hall–Kier alpha value is -2.04. The number of rotatable bonds is 2. The Bertz CT molecular complexity index is 294. The number of benzene rings is 1. The summed E-state index contributed by atoms with van der Waals surface area (Å²) in [5.41, 5.74) is 9.34. The summed E-state index contributed by atoms with van der Waals surface area (Å²) in [7, 11) is 0. The summed E-state index contributed by atoms with van der Waals surface area (Å²) in [6.45, 7) is 0. The van der Waals surface area contributed by atoms with Gasteiger partial charge < -0.3 is 16.6 Å². The van der Waals surface area contributed by atoms with Crippen LogP contribution in [-0.2, 0) is 11.2 Å². The van der Waals surface area contributed by atoms with Gasteiger partial charge in [0.15, 0.2) is 0 Å². The lowest BCUT2D eigenvalue weighted by atomic mass is 10.2. The van der Waals surface area contributed by atoms with Crippen LogP contribution in [0.25, 0.3) is 0 Å². The highest BCUT2D eigenvalue weighted by Crippen LogP contribution is 1.98. The molecule has 2 amide bonds. The van der Waals surface area contributed by atoms with E-state index in [2.05, 4.69) is 11.5 Å². The molecule has 0 aliphatic rings. The van der Waals surface area contributed by atoms with Crippen LogP contribution in [0.3, 0.4) is 0 Å². The van der Waals surface area contributed by atoms with Crippen LogP contribution >= 0.6 is 0 Å². The average Bonchev–Trinajstić information content (AvgIpc) is 2.03. The van der Waals surface area contributed by atoms with Crippen molar-refractivity contribution in [1.82, 2.24) is 0 Å². The number of urea groups is 1. The fourth-order valence-electron chi connectivity index (χ4n) is 0.770. The number of carboxylic acids is 1. The molecule has 14 heavy (non-hydrogen) atoms. The van der Waals surface area contributed by atoms with Crippen molar-refractivity contribution in [3.63, 3.8) is 0 Å². The van der Waals surface area contributed by atoms with Crippen molar-refractivity contribution in [3.8, 4) is 0 Å². The maximum Gasteiger partial charge on any atom is 0.309 e. The maximum atomic E-state index is 10.2. The summed E-state index contributed by atoms with van der Waals surface area (Å²) in [6, 6.07) is 8.30. The summed E-state index contributed by atoms with van der Waals surface area (Å²) in [5, 5.41) is 8.37. The van der Waals surface area contributed by atoms with Crippen LogP contribution in [0.4, 0.5) is 4.79 Å². The molecule has 1 rings (SSSR count). The van der Waals surface area contributed by atoms with Crippen molar-refractivity contribution in [2.24, 2.45) is 11.5 Å². The molecule has 0 aromatic heterocycles. The van der Waals surface area contributed by atoms with E-state index in [9.17, 15) is 4.79 Å². The van der Waals surface area contributed by atoms with Crippen LogP contribution in [-0.4, -0.2) is 17.1 Å². The maximum absolute atomic E-state index is 10.2. The second-order valence-corrected chi connectivity index (χ2v) is 2.46. The van der Waals surface area contributed by atoms with E-state index in [4.69, 9.17) is 9.90 Å². The molecule has 0 spiro atoms. The normalized spacial score (nSPS) is 8.29. The van der Waals surface area contributed by atoms with E-state index < -0.39 is 12.0 Å². The molecule has 0 saturated heterocycles. The van der Waals surface area contributed by atoms with Crippen LogP contribution in [0.15, 0.2) is 30.3 Å². The largest absolute Gasteiger partial charge is 0.481 e. The zero-order chi connectivity index (χ0) is 11.0. The second-order valence-electron chi connectivity index (χ2n) is 2.46. The van der Waals surface area contributed by atoms with E-state index in [-0.39, 0.29) is 6.42 Å². The number of carbonyl (C=O) groups is 2. The summed E-state index contributed by atoms with van der Waals surface area (Å²) >= 11 is 0. The molecule has 0 saturated carbocycles. The van der Waals surface area contributed by atoms with Crippen molar-refractivity contribution in [2.75, 3.05) is 0 Å². The lowest BCUT2D eigenvalue weighted by Crippen LogP contribution is -2.18. The van der Waals surface area contributed by atoms with Crippen LogP contribution in [0.5, 0.6) is 0 Å². The Labute approximate surface area is 81.3 Å². The van der Waals surface area contributed by atoms with Gasteiger partial charge in [-0.3, -0.25) is 4.79 Å². The van der Waals surface area contributed by atoms with Gasteiger partial charge in [0.1, 0.15) is 0 Å². The van der Waals surface area contributed by atoms with E-state index in [0.29, 0.717) is 0 Å². The molecule has 0 bridgehead atoms. The third kappa shape index (κ3) is 8.06. The minimum atomic E-state index is -0.833. The van der Waals surface area contributed by atoms with E-state index in [0.717, 1.165) is 5.56 Å². The first kappa shape index (κ1) is 12.0. The molecular formula is C9H12N2O3. The van der Waals surface area contributed by atoms with Crippen LogP contribution in [0, 0.1) is 0 Å². The zero-order valence-electron chi connectivity index (χ0n) is 7.51. The number of nitrogens with two attached hydrogens (primary N) is 2. The number of hydrogen-bond donors (Lipinski definition) is 3. The van der Waals surface area contributed by atoms with Crippen molar-refractivity contribution in [2.45, 2.75) is 6.42 Å². The van der Waals surface area contributed by atoms with Crippen LogP contribution in [0.2, 0.25) is 0 Å². The monoisotopic (exact) mass is 196 g/mol. The summed E-state index contributed by atoms with van der Waals surface area (Å²) in [6.07, 6.45) is 0.112. The third-order valence-electron chi connectivity index (χ3n) is 1.20.